The molecule has 1 heterocycles. The molecule has 1 aromatic rings. The zero-order valence-electron chi connectivity index (χ0n) is 6.69. The average Bonchev–Trinajstić information content (AvgIpc) is 2.53. The maximum absolute atomic E-state index is 10.8. The molecule has 0 N–H and O–H groups in total. The van der Waals surface area contributed by atoms with E-state index in [4.69, 9.17) is 4.42 Å². The zero-order valence-corrected chi connectivity index (χ0v) is 6.69. The number of nitrogens with zero attached hydrogens (tertiary/aromatic N) is 1. The number of oxazole rings is 1. The molecule has 0 spiro atoms. The van der Waals surface area contributed by atoms with Crippen molar-refractivity contribution < 1.29 is 13.9 Å². The molecular weight excluding hydrogens is 158 g/mol. The van der Waals surface area contributed by atoms with Gasteiger partial charge in [0.1, 0.15) is 12.0 Å². The van der Waals surface area contributed by atoms with Gasteiger partial charge < -0.3 is 9.15 Å². The van der Waals surface area contributed by atoms with Gasteiger partial charge >= 0.3 is 5.97 Å². The Kier molecular flexibility index (Phi) is 3.07. The molecule has 1 aromatic heterocycles. The highest BCUT2D eigenvalue weighted by molar-refractivity contribution is 5.86. The molecule has 0 atom stereocenters. The fraction of sp³-hybridized carbons (Fsp3) is 0.250. The fourth-order valence-corrected chi connectivity index (χ4v) is 0.648. The molecule has 0 radical (unpaired) electrons. The van der Waals surface area contributed by atoms with Crippen LogP contribution in [0.4, 0.5) is 0 Å². The maximum atomic E-state index is 10.8. The Morgan fingerprint density at radius 2 is 2.67 bits per heavy atom. The Labute approximate surface area is 69.9 Å². The fourth-order valence-electron chi connectivity index (χ4n) is 0.648. The van der Waals surface area contributed by atoms with Crippen LogP contribution in [-0.2, 0) is 9.53 Å². The average molecular weight is 167 g/mol. The van der Waals surface area contributed by atoms with E-state index in [0.29, 0.717) is 12.3 Å². The highest BCUT2D eigenvalue weighted by Crippen LogP contribution is 1.97. The topological polar surface area (TPSA) is 52.3 Å². The van der Waals surface area contributed by atoms with E-state index in [2.05, 4.69) is 9.72 Å². The second kappa shape index (κ2) is 4.33. The Hall–Kier alpha value is -1.58. The van der Waals surface area contributed by atoms with Crippen molar-refractivity contribution in [3.63, 3.8) is 0 Å². The van der Waals surface area contributed by atoms with Crippen molar-refractivity contribution in [2.45, 2.75) is 6.92 Å². The molecule has 0 amide bonds. The van der Waals surface area contributed by atoms with Gasteiger partial charge in [-0.05, 0) is 13.0 Å². The van der Waals surface area contributed by atoms with Crippen LogP contribution in [0.5, 0.6) is 0 Å². The quantitative estimate of drug-likeness (QED) is 0.502. The van der Waals surface area contributed by atoms with Gasteiger partial charge in [-0.3, -0.25) is 0 Å². The minimum atomic E-state index is -0.375. The van der Waals surface area contributed by atoms with E-state index in [0.717, 1.165) is 0 Å². The van der Waals surface area contributed by atoms with Gasteiger partial charge in [-0.1, -0.05) is 0 Å². The molecule has 0 saturated carbocycles. The van der Waals surface area contributed by atoms with E-state index in [1.165, 1.54) is 24.8 Å². The standard InChI is InChI=1S/C8H9NO3/c1-2-12-8(10)4-3-7-5-11-6-9-7/h3-6H,2H2,1H3/b4-3+. The molecule has 0 fully saturated rings. The van der Waals surface area contributed by atoms with Crippen LogP contribution in [0.1, 0.15) is 12.6 Å². The molecule has 0 aliphatic carbocycles. The zero-order chi connectivity index (χ0) is 8.81. The molecule has 0 bridgehead atoms. The van der Waals surface area contributed by atoms with Gasteiger partial charge in [0.25, 0.3) is 0 Å². The van der Waals surface area contributed by atoms with Crippen LogP contribution in [0, 0.1) is 0 Å². The van der Waals surface area contributed by atoms with E-state index >= 15 is 0 Å². The van der Waals surface area contributed by atoms with E-state index in [1.807, 2.05) is 0 Å². The van der Waals surface area contributed by atoms with Gasteiger partial charge in [-0.2, -0.15) is 0 Å². The minimum absolute atomic E-state index is 0.375. The van der Waals surface area contributed by atoms with Crippen molar-refractivity contribution in [2.75, 3.05) is 6.61 Å². The van der Waals surface area contributed by atoms with Crippen LogP contribution < -0.4 is 0 Å². The van der Waals surface area contributed by atoms with Crippen molar-refractivity contribution in [1.82, 2.24) is 4.98 Å². The van der Waals surface area contributed by atoms with Crippen molar-refractivity contribution in [3.8, 4) is 0 Å². The molecular formula is C8H9NO3. The van der Waals surface area contributed by atoms with Crippen LogP contribution in [0.25, 0.3) is 6.08 Å². The summed E-state index contributed by atoms with van der Waals surface area (Å²) in [5.74, 6) is -0.375. The molecule has 4 heteroatoms. The van der Waals surface area contributed by atoms with Crippen LogP contribution in [0.2, 0.25) is 0 Å². The molecule has 0 aromatic carbocycles. The van der Waals surface area contributed by atoms with Crippen molar-refractivity contribution in [2.24, 2.45) is 0 Å². The molecule has 4 nitrogen and oxygen atoms in total. The Morgan fingerprint density at radius 3 is 3.25 bits per heavy atom. The second-order valence-corrected chi connectivity index (χ2v) is 2.00. The highest BCUT2D eigenvalue weighted by atomic mass is 16.5. The Bertz CT molecular complexity index is 264. The maximum Gasteiger partial charge on any atom is 0.330 e. The predicted octanol–water partition coefficient (Wildman–Crippen LogP) is 1.25. The Morgan fingerprint density at radius 1 is 1.83 bits per heavy atom. The number of hydrogen-bond acceptors (Lipinski definition) is 4. The number of ether oxygens (including phenoxy) is 1. The molecule has 0 unspecified atom stereocenters. The van der Waals surface area contributed by atoms with Gasteiger partial charge in [0, 0.05) is 6.08 Å². The molecule has 0 saturated heterocycles. The summed E-state index contributed by atoms with van der Waals surface area (Å²) >= 11 is 0. The molecule has 64 valence electrons. The van der Waals surface area contributed by atoms with Crippen molar-refractivity contribution in [1.29, 1.82) is 0 Å². The lowest BCUT2D eigenvalue weighted by Gasteiger charge is -1.92. The normalized spacial score (nSPS) is 10.4. The lowest BCUT2D eigenvalue weighted by atomic mass is 10.4. The van der Waals surface area contributed by atoms with Crippen LogP contribution >= 0.6 is 0 Å². The number of esters is 1. The van der Waals surface area contributed by atoms with Gasteiger partial charge in [0.05, 0.1) is 6.61 Å². The van der Waals surface area contributed by atoms with Crippen LogP contribution in [0.3, 0.4) is 0 Å². The highest BCUT2D eigenvalue weighted by Gasteiger charge is 1.94. The first-order valence-electron chi connectivity index (χ1n) is 3.56. The van der Waals surface area contributed by atoms with E-state index in [9.17, 15) is 4.79 Å². The van der Waals surface area contributed by atoms with Crippen molar-refractivity contribution >= 4 is 12.0 Å². The van der Waals surface area contributed by atoms with Crippen LogP contribution in [-0.4, -0.2) is 17.6 Å². The first kappa shape index (κ1) is 8.52. The van der Waals surface area contributed by atoms with Gasteiger partial charge in [-0.15, -0.1) is 0 Å². The van der Waals surface area contributed by atoms with Gasteiger partial charge in [0.15, 0.2) is 6.39 Å². The lowest BCUT2D eigenvalue weighted by molar-refractivity contribution is -0.137. The largest absolute Gasteiger partial charge is 0.463 e. The number of carbonyl (C=O) groups is 1. The van der Waals surface area contributed by atoms with E-state index < -0.39 is 0 Å². The van der Waals surface area contributed by atoms with E-state index in [-0.39, 0.29) is 5.97 Å². The monoisotopic (exact) mass is 167 g/mol. The summed E-state index contributed by atoms with van der Waals surface area (Å²) < 4.78 is 9.35. The summed E-state index contributed by atoms with van der Waals surface area (Å²) in [5, 5.41) is 0. The summed E-state index contributed by atoms with van der Waals surface area (Å²) in [6, 6.07) is 0. The van der Waals surface area contributed by atoms with Crippen molar-refractivity contribution in [3.05, 3.63) is 24.4 Å². The molecule has 12 heavy (non-hydrogen) atoms. The summed E-state index contributed by atoms with van der Waals surface area (Å²) in [6.45, 7) is 2.13. The number of hydrogen-bond donors (Lipinski definition) is 0. The number of carbonyl (C=O) groups excluding carboxylic acids is 1. The summed E-state index contributed by atoms with van der Waals surface area (Å²) in [6.07, 6.45) is 5.57. The number of aromatic nitrogens is 1. The second-order valence-electron chi connectivity index (χ2n) is 2.00. The third-order valence-electron chi connectivity index (χ3n) is 1.13. The smallest absolute Gasteiger partial charge is 0.330 e. The molecule has 1 rings (SSSR count). The Balaban J connectivity index is 2.45. The first-order valence-corrected chi connectivity index (χ1v) is 3.56. The van der Waals surface area contributed by atoms with Gasteiger partial charge in [-0.25, -0.2) is 9.78 Å². The lowest BCUT2D eigenvalue weighted by Crippen LogP contribution is -1.98. The van der Waals surface area contributed by atoms with Gasteiger partial charge in [0.2, 0.25) is 0 Å². The van der Waals surface area contributed by atoms with E-state index in [1.54, 1.807) is 6.92 Å². The molecule has 0 aliphatic rings. The summed E-state index contributed by atoms with van der Waals surface area (Å²) in [7, 11) is 0. The predicted molar refractivity (Wildman–Crippen MR) is 42.2 cm³/mol. The molecule has 0 aliphatic heterocycles. The summed E-state index contributed by atoms with van der Waals surface area (Å²) in [5.41, 5.74) is 0.600. The SMILES string of the molecule is CCOC(=O)/C=C/c1cocn1. The first-order chi connectivity index (χ1) is 5.83. The third-order valence-corrected chi connectivity index (χ3v) is 1.13. The third kappa shape index (κ3) is 2.57. The van der Waals surface area contributed by atoms with Crippen LogP contribution in [0.15, 0.2) is 23.1 Å². The minimum Gasteiger partial charge on any atom is -0.463 e. The summed E-state index contributed by atoms with van der Waals surface area (Å²) in [4.78, 5) is 14.6. The number of rotatable bonds is 3.